The molecule has 0 aliphatic carbocycles. The monoisotopic (exact) mass is 434 g/mol. The van der Waals surface area contributed by atoms with E-state index in [2.05, 4.69) is 15.8 Å². The Hall–Kier alpha value is -3.71. The lowest BCUT2D eigenvalue weighted by molar-refractivity contribution is 0.482. The summed E-state index contributed by atoms with van der Waals surface area (Å²) >= 11 is -2.15. The molecule has 0 bridgehead atoms. The Bertz CT molecular complexity index is 1400. The maximum Gasteiger partial charge on any atom is 0.274 e. The van der Waals surface area contributed by atoms with Gasteiger partial charge in [0.25, 0.3) is 5.56 Å². The number of pyridine rings is 1. The van der Waals surface area contributed by atoms with E-state index in [-0.39, 0.29) is 12.1 Å². The predicted octanol–water partition coefficient (Wildman–Crippen LogP) is 3.42. The molecule has 2 aromatic carbocycles. The number of aryl methyl sites for hydroxylation is 1. The average Bonchev–Trinajstić information content (AvgIpc) is 3.26. The maximum atomic E-state index is 12.5. The van der Waals surface area contributed by atoms with Gasteiger partial charge in [-0.2, -0.15) is 5.26 Å². The number of aromatic amines is 1. The molecule has 0 aliphatic heterocycles. The van der Waals surface area contributed by atoms with Crippen molar-refractivity contribution in [1.29, 1.82) is 5.26 Å². The number of para-hydroxylation sites is 1. The van der Waals surface area contributed by atoms with E-state index in [9.17, 15) is 14.3 Å². The first kappa shape index (κ1) is 20.6. The molecule has 4 rings (SSSR count). The van der Waals surface area contributed by atoms with Gasteiger partial charge in [-0.3, -0.25) is 9.35 Å². The predicted molar refractivity (Wildman–Crippen MR) is 118 cm³/mol. The molecule has 1 unspecified atom stereocenters. The van der Waals surface area contributed by atoms with Crippen molar-refractivity contribution in [3.8, 4) is 28.7 Å². The molecule has 3 N–H and O–H groups in total. The van der Waals surface area contributed by atoms with E-state index >= 15 is 0 Å². The van der Waals surface area contributed by atoms with Crippen molar-refractivity contribution < 1.29 is 13.5 Å². The highest BCUT2D eigenvalue weighted by atomic mass is 32.2. The summed E-state index contributed by atoms with van der Waals surface area (Å²) in [5.74, 6) is 0.890. The van der Waals surface area contributed by atoms with E-state index in [1.165, 1.54) is 4.57 Å². The minimum Gasteiger partial charge on any atom is -0.455 e. The summed E-state index contributed by atoms with van der Waals surface area (Å²) < 4.78 is 30.1. The molecular formula is C22H18N4O4S. The third kappa shape index (κ3) is 4.13. The summed E-state index contributed by atoms with van der Waals surface area (Å²) in [5, 5.41) is 10.1. The number of nitriles is 1. The van der Waals surface area contributed by atoms with Crippen molar-refractivity contribution in [3.05, 3.63) is 82.4 Å². The number of fused-ring (bicyclic) bond motifs is 1. The van der Waals surface area contributed by atoms with Crippen LogP contribution >= 0.6 is 0 Å². The van der Waals surface area contributed by atoms with Crippen LogP contribution in [0.15, 0.2) is 65.7 Å². The molecule has 0 fully saturated rings. The van der Waals surface area contributed by atoms with Crippen LogP contribution in [-0.4, -0.2) is 18.3 Å². The van der Waals surface area contributed by atoms with Crippen LogP contribution in [-0.2, 0) is 24.9 Å². The summed E-state index contributed by atoms with van der Waals surface area (Å²) in [4.78, 5) is 15.4. The van der Waals surface area contributed by atoms with Crippen LogP contribution < -0.4 is 15.0 Å². The molecule has 31 heavy (non-hydrogen) atoms. The SMILES string of the molecule is Cn1cc(-c2cc(CNS(=O)O)ccc2Oc2ccccc2C#N)c2cc[nH]c2c1=O. The zero-order chi connectivity index (χ0) is 22.0. The van der Waals surface area contributed by atoms with Crippen LogP contribution in [0.2, 0.25) is 0 Å². The molecule has 0 amide bonds. The summed E-state index contributed by atoms with van der Waals surface area (Å²) in [6.07, 6.45) is 3.42. The molecule has 0 spiro atoms. The zero-order valence-corrected chi connectivity index (χ0v) is 17.3. The lowest BCUT2D eigenvalue weighted by atomic mass is 10.00. The zero-order valence-electron chi connectivity index (χ0n) is 16.5. The number of rotatable bonds is 6. The Labute approximate surface area is 180 Å². The molecule has 1 atom stereocenters. The second-order valence-electron chi connectivity index (χ2n) is 6.84. The standard InChI is InChI=1S/C22H18N4O4S/c1-26-13-18(16-8-9-24-21(16)22(26)27)17-10-14(12-25-31(28)29)6-7-20(17)30-19-5-3-2-4-15(19)11-23/h2-10,13,24-25H,12H2,1H3,(H,28,29). The van der Waals surface area contributed by atoms with E-state index in [0.717, 1.165) is 16.5 Å². The summed E-state index contributed by atoms with van der Waals surface area (Å²) in [7, 11) is 1.66. The molecule has 2 heterocycles. The van der Waals surface area contributed by atoms with Gasteiger partial charge in [0, 0.05) is 42.5 Å². The molecular weight excluding hydrogens is 416 g/mol. The average molecular weight is 434 g/mol. The van der Waals surface area contributed by atoms with Gasteiger partial charge in [-0.05, 0) is 35.9 Å². The number of aromatic nitrogens is 2. The van der Waals surface area contributed by atoms with Crippen molar-refractivity contribution in [3.63, 3.8) is 0 Å². The van der Waals surface area contributed by atoms with Crippen LogP contribution in [0, 0.1) is 11.3 Å². The number of nitrogens with zero attached hydrogens (tertiary/aromatic N) is 2. The Balaban J connectivity index is 1.90. The van der Waals surface area contributed by atoms with Crippen LogP contribution in [0.5, 0.6) is 11.5 Å². The molecule has 0 radical (unpaired) electrons. The fourth-order valence-electron chi connectivity index (χ4n) is 3.38. The lowest BCUT2D eigenvalue weighted by Crippen LogP contribution is -2.17. The van der Waals surface area contributed by atoms with Crippen molar-refractivity contribution >= 4 is 22.2 Å². The second-order valence-corrected chi connectivity index (χ2v) is 7.62. The largest absolute Gasteiger partial charge is 0.455 e. The fraction of sp³-hybridized carbons (Fsp3) is 0.0909. The number of benzene rings is 2. The quantitative estimate of drug-likeness (QED) is 0.402. The van der Waals surface area contributed by atoms with E-state index in [0.29, 0.717) is 28.1 Å². The van der Waals surface area contributed by atoms with Crippen LogP contribution in [0.25, 0.3) is 22.0 Å². The molecule has 0 saturated heterocycles. The van der Waals surface area contributed by atoms with Gasteiger partial charge in [0.1, 0.15) is 23.1 Å². The van der Waals surface area contributed by atoms with Crippen molar-refractivity contribution in [1.82, 2.24) is 14.3 Å². The van der Waals surface area contributed by atoms with Gasteiger partial charge in [0.2, 0.25) is 11.3 Å². The lowest BCUT2D eigenvalue weighted by Gasteiger charge is -2.15. The molecule has 0 saturated carbocycles. The number of H-pyrrole nitrogens is 1. The number of nitrogens with one attached hydrogen (secondary N) is 2. The van der Waals surface area contributed by atoms with Gasteiger partial charge in [-0.1, -0.05) is 18.2 Å². The second kappa shape index (κ2) is 8.57. The Morgan fingerprint density at radius 2 is 2.00 bits per heavy atom. The molecule has 2 aromatic heterocycles. The Morgan fingerprint density at radius 3 is 2.77 bits per heavy atom. The van der Waals surface area contributed by atoms with Gasteiger partial charge in [-0.15, -0.1) is 0 Å². The number of hydrogen-bond acceptors (Lipinski definition) is 4. The van der Waals surface area contributed by atoms with Crippen LogP contribution in [0.4, 0.5) is 0 Å². The first-order valence-corrected chi connectivity index (χ1v) is 10.4. The minimum absolute atomic E-state index is 0.158. The molecule has 4 aromatic rings. The van der Waals surface area contributed by atoms with Crippen LogP contribution in [0.1, 0.15) is 11.1 Å². The smallest absolute Gasteiger partial charge is 0.274 e. The van der Waals surface area contributed by atoms with E-state index < -0.39 is 11.3 Å². The first-order valence-electron chi connectivity index (χ1n) is 9.29. The Kier molecular flexibility index (Phi) is 5.68. The van der Waals surface area contributed by atoms with E-state index in [4.69, 9.17) is 9.29 Å². The third-order valence-electron chi connectivity index (χ3n) is 4.86. The minimum atomic E-state index is -2.15. The molecule has 8 nitrogen and oxygen atoms in total. The summed E-state index contributed by atoms with van der Waals surface area (Å²) in [5.41, 5.74) is 2.86. The van der Waals surface area contributed by atoms with E-state index in [1.807, 2.05) is 12.1 Å². The topological polar surface area (TPSA) is 120 Å². The van der Waals surface area contributed by atoms with Crippen molar-refractivity contribution in [2.45, 2.75) is 6.54 Å². The van der Waals surface area contributed by atoms with Gasteiger partial charge in [-0.25, -0.2) is 8.93 Å². The first-order chi connectivity index (χ1) is 15.0. The summed E-state index contributed by atoms with van der Waals surface area (Å²) in [6, 6.07) is 16.2. The molecule has 0 aliphatic rings. The molecule has 156 valence electrons. The number of ether oxygens (including phenoxy) is 1. The van der Waals surface area contributed by atoms with E-state index in [1.54, 1.807) is 55.8 Å². The van der Waals surface area contributed by atoms with Crippen LogP contribution in [0.3, 0.4) is 0 Å². The van der Waals surface area contributed by atoms with Gasteiger partial charge >= 0.3 is 0 Å². The highest BCUT2D eigenvalue weighted by Crippen LogP contribution is 2.37. The molecule has 9 heteroatoms. The summed E-state index contributed by atoms with van der Waals surface area (Å²) in [6.45, 7) is 0.160. The Morgan fingerprint density at radius 1 is 1.19 bits per heavy atom. The maximum absolute atomic E-state index is 12.5. The highest BCUT2D eigenvalue weighted by molar-refractivity contribution is 7.77. The normalized spacial score (nSPS) is 11.9. The highest BCUT2D eigenvalue weighted by Gasteiger charge is 2.16. The van der Waals surface area contributed by atoms with Gasteiger partial charge in [0.15, 0.2) is 0 Å². The van der Waals surface area contributed by atoms with Crippen molar-refractivity contribution in [2.24, 2.45) is 7.05 Å². The van der Waals surface area contributed by atoms with Gasteiger partial charge in [0.05, 0.1) is 5.56 Å². The van der Waals surface area contributed by atoms with Crippen molar-refractivity contribution in [2.75, 3.05) is 0 Å². The third-order valence-corrected chi connectivity index (χ3v) is 5.25. The fourth-order valence-corrected chi connectivity index (χ4v) is 3.67. The van der Waals surface area contributed by atoms with Gasteiger partial charge < -0.3 is 14.3 Å². The number of hydrogen-bond donors (Lipinski definition) is 3.